The van der Waals surface area contributed by atoms with Gasteiger partial charge in [0, 0.05) is 37.3 Å². The van der Waals surface area contributed by atoms with Gasteiger partial charge in [-0.25, -0.2) is 4.39 Å². The van der Waals surface area contributed by atoms with Crippen LogP contribution in [0.1, 0.15) is 39.2 Å². The van der Waals surface area contributed by atoms with E-state index in [1.165, 1.54) is 6.07 Å². The van der Waals surface area contributed by atoms with E-state index < -0.39 is 0 Å². The van der Waals surface area contributed by atoms with Crippen LogP contribution in [0.3, 0.4) is 0 Å². The second-order valence-electron chi connectivity index (χ2n) is 8.17. The lowest BCUT2D eigenvalue weighted by Crippen LogP contribution is -2.57. The number of aliphatic imine (C=N–C) groups is 1. The van der Waals surface area contributed by atoms with Crippen LogP contribution >= 0.6 is 24.0 Å². The number of hydrogen-bond donors (Lipinski definition) is 2. The molecule has 0 bridgehead atoms. The molecule has 0 atom stereocenters. The standard InChI is InChI=1S/C21H35FN4O.HI/c1-6-23-19(25-16-21(26(4)5)10-12-27-13-11-21)24-15-20(2,3)17-8-7-9-18(22)14-17;/h7-9,14H,6,10-13,15-16H2,1-5H3,(H2,23,24,25);1H. The quantitative estimate of drug-likeness (QED) is 0.338. The number of hydrogen-bond acceptors (Lipinski definition) is 3. The summed E-state index contributed by atoms with van der Waals surface area (Å²) in [6.45, 7) is 10.0. The number of guanidine groups is 1. The molecule has 0 spiro atoms. The van der Waals surface area contributed by atoms with Crippen LogP contribution in [0.15, 0.2) is 29.3 Å². The SMILES string of the molecule is CCNC(=NCC(C)(C)c1cccc(F)c1)NCC1(N(C)C)CCOCC1.I. The van der Waals surface area contributed by atoms with E-state index in [1.807, 2.05) is 6.07 Å². The Bertz CT molecular complexity index is 631. The summed E-state index contributed by atoms with van der Waals surface area (Å²) >= 11 is 0. The Morgan fingerprint density at radius 2 is 1.93 bits per heavy atom. The van der Waals surface area contributed by atoms with Crippen molar-refractivity contribution in [3.63, 3.8) is 0 Å². The third-order valence-electron chi connectivity index (χ3n) is 5.54. The number of nitrogens with one attached hydrogen (secondary N) is 2. The van der Waals surface area contributed by atoms with Gasteiger partial charge in [0.2, 0.25) is 0 Å². The molecule has 0 unspecified atom stereocenters. The maximum atomic E-state index is 13.6. The van der Waals surface area contributed by atoms with Gasteiger partial charge in [-0.1, -0.05) is 26.0 Å². The molecule has 5 nitrogen and oxygen atoms in total. The fourth-order valence-corrected chi connectivity index (χ4v) is 3.40. The smallest absolute Gasteiger partial charge is 0.191 e. The Morgan fingerprint density at radius 3 is 2.50 bits per heavy atom. The second kappa shape index (κ2) is 11.3. The summed E-state index contributed by atoms with van der Waals surface area (Å²) in [4.78, 5) is 7.08. The van der Waals surface area contributed by atoms with Gasteiger partial charge in [0.25, 0.3) is 0 Å². The molecule has 0 saturated carbocycles. The lowest BCUT2D eigenvalue weighted by Gasteiger charge is -2.43. The monoisotopic (exact) mass is 506 g/mol. The Morgan fingerprint density at radius 1 is 1.25 bits per heavy atom. The summed E-state index contributed by atoms with van der Waals surface area (Å²) in [6, 6.07) is 6.79. The molecule has 0 aliphatic carbocycles. The third-order valence-corrected chi connectivity index (χ3v) is 5.54. The van der Waals surface area contributed by atoms with Crippen molar-refractivity contribution in [3.8, 4) is 0 Å². The molecular formula is C21H36FIN4O. The highest BCUT2D eigenvalue weighted by Gasteiger charge is 2.34. The minimum atomic E-state index is -0.248. The van der Waals surface area contributed by atoms with Gasteiger partial charge in [-0.15, -0.1) is 24.0 Å². The van der Waals surface area contributed by atoms with E-state index in [2.05, 4.69) is 50.4 Å². The Hall–Kier alpha value is -0.930. The van der Waals surface area contributed by atoms with Crippen molar-refractivity contribution in [1.82, 2.24) is 15.5 Å². The van der Waals surface area contributed by atoms with Crippen LogP contribution in [0.25, 0.3) is 0 Å². The zero-order valence-electron chi connectivity index (χ0n) is 17.8. The lowest BCUT2D eigenvalue weighted by atomic mass is 9.85. The van der Waals surface area contributed by atoms with Gasteiger partial charge < -0.3 is 20.3 Å². The van der Waals surface area contributed by atoms with Crippen molar-refractivity contribution in [2.45, 2.75) is 44.6 Å². The zero-order valence-corrected chi connectivity index (χ0v) is 20.2. The van der Waals surface area contributed by atoms with Gasteiger partial charge >= 0.3 is 0 Å². The summed E-state index contributed by atoms with van der Waals surface area (Å²) in [5.74, 6) is 0.594. The first-order valence-electron chi connectivity index (χ1n) is 9.82. The highest BCUT2D eigenvalue weighted by Crippen LogP contribution is 2.26. The van der Waals surface area contributed by atoms with Gasteiger partial charge in [0.05, 0.1) is 6.54 Å². The molecule has 1 fully saturated rings. The first kappa shape index (κ1) is 25.1. The molecule has 1 aromatic rings. The van der Waals surface area contributed by atoms with E-state index in [0.717, 1.165) is 50.7 Å². The number of ether oxygens (including phenoxy) is 1. The lowest BCUT2D eigenvalue weighted by molar-refractivity contribution is -0.00501. The summed E-state index contributed by atoms with van der Waals surface area (Å²) in [7, 11) is 4.26. The molecular weight excluding hydrogens is 470 g/mol. The van der Waals surface area contributed by atoms with Crippen LogP contribution in [-0.4, -0.2) is 63.3 Å². The summed E-state index contributed by atoms with van der Waals surface area (Å²) in [5, 5.41) is 6.84. The molecule has 28 heavy (non-hydrogen) atoms. The molecule has 1 aliphatic rings. The highest BCUT2D eigenvalue weighted by molar-refractivity contribution is 14.0. The number of nitrogens with zero attached hydrogens (tertiary/aromatic N) is 2. The highest BCUT2D eigenvalue weighted by atomic mass is 127. The fourth-order valence-electron chi connectivity index (χ4n) is 3.40. The number of likely N-dealkylation sites (N-methyl/N-ethyl adjacent to an activating group) is 1. The van der Waals surface area contributed by atoms with Crippen molar-refractivity contribution in [1.29, 1.82) is 0 Å². The molecule has 0 amide bonds. The molecule has 2 N–H and O–H groups in total. The molecule has 2 rings (SSSR count). The van der Waals surface area contributed by atoms with Crippen LogP contribution in [0.5, 0.6) is 0 Å². The van der Waals surface area contributed by atoms with E-state index in [0.29, 0.717) is 6.54 Å². The number of halogens is 2. The van der Waals surface area contributed by atoms with Crippen molar-refractivity contribution in [3.05, 3.63) is 35.6 Å². The van der Waals surface area contributed by atoms with Crippen molar-refractivity contribution in [2.24, 2.45) is 4.99 Å². The normalized spacial score (nSPS) is 17.2. The number of rotatable bonds is 7. The maximum Gasteiger partial charge on any atom is 0.191 e. The Labute approximate surface area is 186 Å². The molecule has 0 aromatic heterocycles. The van der Waals surface area contributed by atoms with E-state index in [1.54, 1.807) is 12.1 Å². The molecule has 7 heteroatoms. The van der Waals surface area contributed by atoms with E-state index in [4.69, 9.17) is 9.73 Å². The zero-order chi connectivity index (χ0) is 19.9. The van der Waals surface area contributed by atoms with Crippen LogP contribution < -0.4 is 10.6 Å². The predicted molar refractivity (Wildman–Crippen MR) is 125 cm³/mol. The average molecular weight is 506 g/mol. The van der Waals surface area contributed by atoms with E-state index in [9.17, 15) is 4.39 Å². The first-order chi connectivity index (χ1) is 12.8. The molecule has 1 aromatic carbocycles. The second-order valence-corrected chi connectivity index (χ2v) is 8.17. The molecule has 1 heterocycles. The van der Waals surface area contributed by atoms with Crippen molar-refractivity contribution in [2.75, 3.05) is 46.9 Å². The van der Waals surface area contributed by atoms with Crippen LogP contribution in [0.2, 0.25) is 0 Å². The maximum absolute atomic E-state index is 13.6. The fraction of sp³-hybridized carbons (Fsp3) is 0.667. The van der Waals surface area contributed by atoms with Gasteiger partial charge in [-0.3, -0.25) is 4.99 Å². The Kier molecular flexibility index (Phi) is 10.1. The topological polar surface area (TPSA) is 48.9 Å². The summed E-state index contributed by atoms with van der Waals surface area (Å²) < 4.78 is 19.1. The van der Waals surface area contributed by atoms with Gasteiger partial charge in [-0.05, 0) is 51.6 Å². The molecule has 1 aliphatic heterocycles. The largest absolute Gasteiger partial charge is 0.381 e. The first-order valence-corrected chi connectivity index (χ1v) is 9.82. The molecule has 1 saturated heterocycles. The summed E-state index contributed by atoms with van der Waals surface area (Å²) in [5.41, 5.74) is 0.783. The predicted octanol–water partition coefficient (Wildman–Crippen LogP) is 3.39. The minimum Gasteiger partial charge on any atom is -0.381 e. The Balaban J connectivity index is 0.00000392. The van der Waals surface area contributed by atoms with Crippen molar-refractivity contribution >= 4 is 29.9 Å². The third kappa shape index (κ3) is 6.84. The van der Waals surface area contributed by atoms with Crippen LogP contribution in [0.4, 0.5) is 4.39 Å². The van der Waals surface area contributed by atoms with Crippen LogP contribution in [-0.2, 0) is 10.2 Å². The van der Waals surface area contributed by atoms with Gasteiger partial charge in [0.15, 0.2) is 5.96 Å². The van der Waals surface area contributed by atoms with Gasteiger partial charge in [0.1, 0.15) is 5.82 Å². The van der Waals surface area contributed by atoms with Crippen molar-refractivity contribution < 1.29 is 9.13 Å². The molecule has 160 valence electrons. The average Bonchev–Trinajstić information content (AvgIpc) is 2.64. The van der Waals surface area contributed by atoms with E-state index >= 15 is 0 Å². The number of benzene rings is 1. The van der Waals surface area contributed by atoms with Gasteiger partial charge in [-0.2, -0.15) is 0 Å². The van der Waals surface area contributed by atoms with Crippen LogP contribution in [0, 0.1) is 5.82 Å². The van der Waals surface area contributed by atoms with E-state index in [-0.39, 0.29) is 40.7 Å². The minimum absolute atomic E-state index is 0. The summed E-state index contributed by atoms with van der Waals surface area (Å²) in [6.07, 6.45) is 2.00. The molecule has 0 radical (unpaired) electrons.